The number of rotatable bonds is 6. The zero-order valence-corrected chi connectivity index (χ0v) is 18.7. The number of hydrogen-bond donors (Lipinski definition) is 1. The van der Waals surface area contributed by atoms with Crippen molar-refractivity contribution in [3.8, 4) is 0 Å². The lowest BCUT2D eigenvalue weighted by atomic mass is 10.0. The minimum atomic E-state index is 0. The number of nitrogens with zero attached hydrogens (tertiary/aromatic N) is 4. The molecule has 1 aromatic carbocycles. The summed E-state index contributed by atoms with van der Waals surface area (Å²) in [5.41, 5.74) is 1.93. The molecule has 0 aliphatic carbocycles. The van der Waals surface area contributed by atoms with E-state index in [1.165, 1.54) is 5.56 Å². The van der Waals surface area contributed by atoms with Crippen molar-refractivity contribution in [3.05, 3.63) is 53.9 Å². The Morgan fingerprint density at radius 2 is 2.03 bits per heavy atom. The topological polar surface area (TPSA) is 53.4 Å². The maximum absolute atomic E-state index is 13.1. The molecule has 0 radical (unpaired) electrons. The van der Waals surface area contributed by atoms with Crippen LogP contribution in [0.5, 0.6) is 0 Å². The average Bonchev–Trinajstić information content (AvgIpc) is 3.26. The Kier molecular flexibility index (Phi) is 8.31. The van der Waals surface area contributed by atoms with Gasteiger partial charge in [0.25, 0.3) is 5.91 Å². The summed E-state index contributed by atoms with van der Waals surface area (Å²) in [6.45, 7) is 7.67. The van der Waals surface area contributed by atoms with Crippen LogP contribution in [0.2, 0.25) is 0 Å². The number of carbonyl (C=O) groups excluding carboxylic acids is 1. The van der Waals surface area contributed by atoms with E-state index in [2.05, 4.69) is 52.6 Å². The van der Waals surface area contributed by atoms with E-state index in [1.54, 1.807) is 0 Å². The lowest BCUT2D eigenvalue weighted by Crippen LogP contribution is -2.54. The summed E-state index contributed by atoms with van der Waals surface area (Å²) < 4.78 is 1.98. The molecule has 2 unspecified atom stereocenters. The van der Waals surface area contributed by atoms with Crippen molar-refractivity contribution < 1.29 is 4.79 Å². The van der Waals surface area contributed by atoms with Gasteiger partial charge in [-0.2, -0.15) is 5.10 Å². The molecule has 0 saturated carbocycles. The van der Waals surface area contributed by atoms with E-state index >= 15 is 0 Å². The van der Waals surface area contributed by atoms with Crippen LogP contribution in [-0.2, 0) is 6.54 Å². The molecule has 2 aliphatic rings. The van der Waals surface area contributed by atoms with Crippen LogP contribution in [0.4, 0.5) is 0 Å². The fraction of sp³-hybridized carbons (Fsp3) is 0.565. The maximum Gasteiger partial charge on any atom is 0.274 e. The van der Waals surface area contributed by atoms with Crippen LogP contribution in [0.25, 0.3) is 0 Å². The number of nitrogens with one attached hydrogen (secondary N) is 1. The Labute approximate surface area is 186 Å². The highest BCUT2D eigenvalue weighted by molar-refractivity contribution is 5.92. The molecule has 2 aromatic rings. The van der Waals surface area contributed by atoms with Crippen molar-refractivity contribution in [2.45, 2.75) is 51.2 Å². The van der Waals surface area contributed by atoms with E-state index in [0.29, 0.717) is 17.8 Å². The van der Waals surface area contributed by atoms with Crippen LogP contribution < -0.4 is 5.32 Å². The van der Waals surface area contributed by atoms with Crippen LogP contribution in [0.1, 0.15) is 54.7 Å². The standard InChI is InChI=1S/C23H33N5O.ClH/c1-2-7-21-18-27(15-14-26(21)17-19-8-4-3-5-9-19)23(29)22-11-13-28(25-22)20-10-6-12-24-16-20;/h3-5,8-9,11,13,20-21,24H,2,6-7,10,12,14-18H2,1H3;1H. The number of halogens is 1. The number of benzene rings is 1. The van der Waals surface area contributed by atoms with Crippen molar-refractivity contribution >= 4 is 18.3 Å². The minimum Gasteiger partial charge on any atom is -0.334 e. The van der Waals surface area contributed by atoms with Gasteiger partial charge in [0.05, 0.1) is 6.04 Å². The zero-order valence-electron chi connectivity index (χ0n) is 17.9. The zero-order chi connectivity index (χ0) is 20.1. The number of aromatic nitrogens is 2. The first-order valence-corrected chi connectivity index (χ1v) is 11.1. The molecule has 1 aromatic heterocycles. The van der Waals surface area contributed by atoms with E-state index in [1.807, 2.05) is 21.8 Å². The third-order valence-electron chi connectivity index (χ3n) is 6.21. The first-order chi connectivity index (χ1) is 14.2. The lowest BCUT2D eigenvalue weighted by Gasteiger charge is -2.41. The predicted octanol–water partition coefficient (Wildman–Crippen LogP) is 3.36. The van der Waals surface area contributed by atoms with Gasteiger partial charge in [0, 0.05) is 45.0 Å². The van der Waals surface area contributed by atoms with E-state index in [0.717, 1.165) is 65.0 Å². The maximum atomic E-state index is 13.1. The van der Waals surface area contributed by atoms with Crippen LogP contribution in [0.3, 0.4) is 0 Å². The summed E-state index contributed by atoms with van der Waals surface area (Å²) in [5, 5.41) is 8.06. The summed E-state index contributed by atoms with van der Waals surface area (Å²) in [6, 6.07) is 13.3. The molecule has 4 rings (SSSR count). The van der Waals surface area contributed by atoms with Crippen molar-refractivity contribution in [3.63, 3.8) is 0 Å². The van der Waals surface area contributed by atoms with Gasteiger partial charge in [0.15, 0.2) is 0 Å². The Balaban J connectivity index is 0.00000256. The van der Waals surface area contributed by atoms with Crippen LogP contribution in [0.15, 0.2) is 42.6 Å². The molecule has 6 nitrogen and oxygen atoms in total. The number of piperazine rings is 1. The van der Waals surface area contributed by atoms with Gasteiger partial charge in [-0.3, -0.25) is 14.4 Å². The molecule has 2 saturated heterocycles. The summed E-state index contributed by atoms with van der Waals surface area (Å²) >= 11 is 0. The first kappa shape index (κ1) is 22.8. The van der Waals surface area contributed by atoms with Crippen molar-refractivity contribution in [1.29, 1.82) is 0 Å². The molecule has 7 heteroatoms. The van der Waals surface area contributed by atoms with Gasteiger partial charge in [-0.05, 0) is 37.4 Å². The molecule has 2 fully saturated rings. The molecule has 3 heterocycles. The second-order valence-corrected chi connectivity index (χ2v) is 8.33. The largest absolute Gasteiger partial charge is 0.334 e. The summed E-state index contributed by atoms with van der Waals surface area (Å²) in [7, 11) is 0. The second-order valence-electron chi connectivity index (χ2n) is 8.33. The van der Waals surface area contributed by atoms with Gasteiger partial charge in [0.2, 0.25) is 0 Å². The van der Waals surface area contributed by atoms with Gasteiger partial charge in [-0.15, -0.1) is 12.4 Å². The Hall–Kier alpha value is -1.89. The van der Waals surface area contributed by atoms with E-state index in [4.69, 9.17) is 0 Å². The van der Waals surface area contributed by atoms with Crippen LogP contribution in [0, 0.1) is 0 Å². The highest BCUT2D eigenvalue weighted by Crippen LogP contribution is 2.20. The molecule has 1 amide bonds. The van der Waals surface area contributed by atoms with Gasteiger partial charge < -0.3 is 10.2 Å². The van der Waals surface area contributed by atoms with E-state index in [9.17, 15) is 4.79 Å². The smallest absolute Gasteiger partial charge is 0.274 e. The lowest BCUT2D eigenvalue weighted by molar-refractivity contribution is 0.0432. The molecule has 2 atom stereocenters. The quantitative estimate of drug-likeness (QED) is 0.762. The fourth-order valence-corrected chi connectivity index (χ4v) is 4.59. The molecule has 2 aliphatic heterocycles. The summed E-state index contributed by atoms with van der Waals surface area (Å²) in [4.78, 5) is 17.7. The third-order valence-corrected chi connectivity index (χ3v) is 6.21. The predicted molar refractivity (Wildman–Crippen MR) is 122 cm³/mol. The normalized spacial score (nSPS) is 22.5. The van der Waals surface area contributed by atoms with Gasteiger partial charge in [-0.1, -0.05) is 43.7 Å². The van der Waals surface area contributed by atoms with Gasteiger partial charge >= 0.3 is 0 Å². The Morgan fingerprint density at radius 3 is 2.77 bits per heavy atom. The molecule has 30 heavy (non-hydrogen) atoms. The number of hydrogen-bond acceptors (Lipinski definition) is 4. The molecule has 164 valence electrons. The van der Waals surface area contributed by atoms with Gasteiger partial charge in [-0.25, -0.2) is 0 Å². The Bertz CT molecular complexity index is 790. The highest BCUT2D eigenvalue weighted by Gasteiger charge is 2.30. The van der Waals surface area contributed by atoms with Crippen molar-refractivity contribution in [2.24, 2.45) is 0 Å². The van der Waals surface area contributed by atoms with Crippen molar-refractivity contribution in [2.75, 3.05) is 32.7 Å². The van der Waals surface area contributed by atoms with Crippen LogP contribution >= 0.6 is 12.4 Å². The average molecular weight is 432 g/mol. The molecular weight excluding hydrogens is 398 g/mol. The first-order valence-electron chi connectivity index (χ1n) is 11.1. The second kappa shape index (κ2) is 10.9. The molecule has 0 bridgehead atoms. The SMILES string of the molecule is CCCC1CN(C(=O)c2ccn(C3CCCNC3)n2)CCN1Cc1ccccc1.Cl. The fourth-order valence-electron chi connectivity index (χ4n) is 4.59. The number of carbonyl (C=O) groups is 1. The van der Waals surface area contributed by atoms with Crippen molar-refractivity contribution in [1.82, 2.24) is 24.9 Å². The number of piperidine rings is 1. The highest BCUT2D eigenvalue weighted by atomic mass is 35.5. The minimum absolute atomic E-state index is 0. The summed E-state index contributed by atoms with van der Waals surface area (Å²) in [5.74, 6) is 0.0768. The van der Waals surface area contributed by atoms with E-state index < -0.39 is 0 Å². The Morgan fingerprint density at radius 1 is 1.20 bits per heavy atom. The number of amides is 1. The van der Waals surface area contributed by atoms with Gasteiger partial charge in [0.1, 0.15) is 5.69 Å². The van der Waals surface area contributed by atoms with Crippen LogP contribution in [-0.4, -0.2) is 64.3 Å². The molecular formula is C23H34ClN5O. The molecule has 1 N–H and O–H groups in total. The molecule has 0 spiro atoms. The third kappa shape index (κ3) is 5.42. The van der Waals surface area contributed by atoms with E-state index in [-0.39, 0.29) is 18.3 Å². The summed E-state index contributed by atoms with van der Waals surface area (Å²) in [6.07, 6.45) is 6.50. The monoisotopic (exact) mass is 431 g/mol.